The maximum absolute atomic E-state index is 10.3. The van der Waals surface area contributed by atoms with E-state index in [9.17, 15) is 10.0 Å². The van der Waals surface area contributed by atoms with E-state index < -0.39 is 7.12 Å². The van der Waals surface area contributed by atoms with Crippen molar-refractivity contribution in [2.75, 3.05) is 10.6 Å². The fourth-order valence-corrected chi connectivity index (χ4v) is 8.00. The second-order valence-corrected chi connectivity index (χ2v) is 16.2. The van der Waals surface area contributed by atoms with E-state index in [1.54, 1.807) is 6.07 Å². The van der Waals surface area contributed by atoms with E-state index in [2.05, 4.69) is 90.6 Å². The van der Waals surface area contributed by atoms with E-state index in [1.807, 2.05) is 115 Å². The predicted octanol–water partition coefficient (Wildman–Crippen LogP) is 12.4. The van der Waals surface area contributed by atoms with Gasteiger partial charge in [-0.25, -0.2) is 4.98 Å². The minimum Gasteiger partial charge on any atom is -0.457 e. The van der Waals surface area contributed by atoms with Crippen LogP contribution in [0.15, 0.2) is 176 Å². The molecule has 60 heavy (non-hydrogen) atoms. The van der Waals surface area contributed by atoms with Crippen molar-refractivity contribution in [1.82, 2.24) is 9.55 Å². The summed E-state index contributed by atoms with van der Waals surface area (Å²) in [6.07, 6.45) is 0. The Bertz CT molecular complexity index is 3010. The zero-order valence-electron chi connectivity index (χ0n) is 33.4. The summed E-state index contributed by atoms with van der Waals surface area (Å²) in [5, 5.41) is 30.7. The van der Waals surface area contributed by atoms with Crippen LogP contribution in [0.3, 0.4) is 0 Å². The van der Waals surface area contributed by atoms with Gasteiger partial charge in [0.1, 0.15) is 22.5 Å². The molecular formula is C51H42BClN4O3. The Morgan fingerprint density at radius 1 is 0.583 bits per heavy atom. The summed E-state index contributed by atoms with van der Waals surface area (Å²) in [5.41, 5.74) is 10.3. The molecule has 9 heteroatoms. The lowest BCUT2D eigenvalue weighted by Crippen LogP contribution is -2.31. The summed E-state index contributed by atoms with van der Waals surface area (Å²) in [5.74, 6) is 2.10. The van der Waals surface area contributed by atoms with Gasteiger partial charge in [-0.15, -0.1) is 0 Å². The summed E-state index contributed by atoms with van der Waals surface area (Å²) in [6.45, 7) is 6.52. The molecule has 0 aliphatic rings. The van der Waals surface area contributed by atoms with Crippen LogP contribution in [0.1, 0.15) is 26.3 Å². The molecule has 7 aromatic carbocycles. The van der Waals surface area contributed by atoms with Crippen LogP contribution in [-0.4, -0.2) is 26.7 Å². The highest BCUT2D eigenvalue weighted by Crippen LogP contribution is 2.41. The zero-order chi connectivity index (χ0) is 41.4. The summed E-state index contributed by atoms with van der Waals surface area (Å²) in [4.78, 5) is 4.79. The Balaban J connectivity index is 1.05. The monoisotopic (exact) mass is 804 g/mol. The molecule has 0 saturated carbocycles. The van der Waals surface area contributed by atoms with Crippen molar-refractivity contribution in [1.29, 1.82) is 0 Å². The first-order chi connectivity index (χ1) is 29.1. The first kappa shape index (κ1) is 38.7. The zero-order valence-corrected chi connectivity index (χ0v) is 34.2. The van der Waals surface area contributed by atoms with Gasteiger partial charge in [0.05, 0.1) is 28.1 Å². The van der Waals surface area contributed by atoms with Crippen molar-refractivity contribution in [3.8, 4) is 39.6 Å². The maximum atomic E-state index is 10.3. The molecule has 0 radical (unpaired) electrons. The van der Waals surface area contributed by atoms with Crippen LogP contribution >= 0.6 is 11.6 Å². The third-order valence-corrected chi connectivity index (χ3v) is 10.9. The number of hydrogen-bond donors (Lipinski definition) is 4. The van der Waals surface area contributed by atoms with Crippen LogP contribution in [-0.2, 0) is 5.41 Å². The molecule has 0 spiro atoms. The second kappa shape index (κ2) is 16.1. The number of ether oxygens (including phenoxy) is 1. The number of aromatic nitrogens is 2. The number of pyridine rings is 1. The minimum absolute atomic E-state index is 0.114. The fourth-order valence-electron chi connectivity index (χ4n) is 7.79. The molecule has 0 atom stereocenters. The number of halogens is 1. The molecule has 9 rings (SSSR count). The van der Waals surface area contributed by atoms with Crippen molar-refractivity contribution in [3.63, 3.8) is 0 Å². The number of anilines is 4. The number of fused-ring (bicyclic) bond motifs is 3. The topological polar surface area (TPSA) is 91.6 Å². The first-order valence-electron chi connectivity index (χ1n) is 19.9. The maximum Gasteiger partial charge on any atom is 0.489 e. The van der Waals surface area contributed by atoms with Gasteiger partial charge in [0.2, 0.25) is 0 Å². The van der Waals surface area contributed by atoms with Crippen molar-refractivity contribution < 1.29 is 14.8 Å². The highest BCUT2D eigenvalue weighted by Gasteiger charge is 2.22. The molecule has 0 bridgehead atoms. The van der Waals surface area contributed by atoms with Crippen LogP contribution in [0.2, 0.25) is 5.15 Å². The van der Waals surface area contributed by atoms with Crippen LogP contribution < -0.4 is 20.8 Å². The molecular weight excluding hydrogens is 763 g/mol. The van der Waals surface area contributed by atoms with Gasteiger partial charge in [0.15, 0.2) is 0 Å². The van der Waals surface area contributed by atoms with E-state index >= 15 is 0 Å². The van der Waals surface area contributed by atoms with Crippen molar-refractivity contribution in [2.24, 2.45) is 0 Å². The highest BCUT2D eigenvalue weighted by molar-refractivity contribution is 6.60. The molecule has 2 heterocycles. The lowest BCUT2D eigenvalue weighted by atomic mass is 9.75. The molecule has 0 aliphatic carbocycles. The van der Waals surface area contributed by atoms with Gasteiger partial charge in [0, 0.05) is 39.7 Å². The Labute approximate surface area is 354 Å². The van der Waals surface area contributed by atoms with Crippen LogP contribution in [0.4, 0.5) is 22.7 Å². The summed E-state index contributed by atoms with van der Waals surface area (Å²) in [6, 6.07) is 58.0. The number of benzene rings is 7. The number of nitrogens with one attached hydrogen (secondary N) is 2. The Kier molecular flexibility index (Phi) is 10.4. The van der Waals surface area contributed by atoms with Gasteiger partial charge in [-0.3, -0.25) is 4.57 Å². The van der Waals surface area contributed by atoms with E-state index in [-0.39, 0.29) is 5.41 Å². The average Bonchev–Trinajstić information content (AvgIpc) is 3.58. The minimum atomic E-state index is -1.63. The Morgan fingerprint density at radius 2 is 1.23 bits per heavy atom. The molecule has 0 saturated heterocycles. The molecule has 0 unspecified atom stereocenters. The second-order valence-electron chi connectivity index (χ2n) is 15.8. The number of hydrogen-bond acceptors (Lipinski definition) is 6. The summed E-state index contributed by atoms with van der Waals surface area (Å²) < 4.78 is 8.74. The summed E-state index contributed by atoms with van der Waals surface area (Å²) in [7, 11) is -1.63. The smallest absolute Gasteiger partial charge is 0.457 e. The van der Waals surface area contributed by atoms with Crippen molar-refractivity contribution in [2.45, 2.75) is 26.2 Å². The van der Waals surface area contributed by atoms with E-state index in [4.69, 9.17) is 21.3 Å². The molecule has 0 fully saturated rings. The third kappa shape index (κ3) is 7.72. The molecule has 9 aromatic rings. The standard InChI is InChI=1S/C51H42BClN4O3/c1-51(2,3)34-29-48(53)56-49(30-34)57-46-26-12-8-20-40(46)41-28-27-37(32-47(41)57)60-36-18-13-17-35(31-36)54-44-24-10-11-25-45(44)55-50-38(33-15-5-4-6-16-33)21-14-22-42(50)39-19-7-9-23-43(39)52(58)59/h4-32,54-55,58-59H,1-3H3. The largest absolute Gasteiger partial charge is 0.489 e. The quantitative estimate of drug-likeness (QED) is 0.0813. The molecule has 0 aliphatic heterocycles. The van der Waals surface area contributed by atoms with Gasteiger partial charge in [-0.1, -0.05) is 142 Å². The van der Waals surface area contributed by atoms with E-state index in [0.717, 1.165) is 78.2 Å². The molecule has 7 nitrogen and oxygen atoms in total. The molecule has 2 aromatic heterocycles. The van der Waals surface area contributed by atoms with Gasteiger partial charge < -0.3 is 25.4 Å². The Morgan fingerprint density at radius 3 is 2.03 bits per heavy atom. The van der Waals surface area contributed by atoms with E-state index in [0.29, 0.717) is 22.1 Å². The summed E-state index contributed by atoms with van der Waals surface area (Å²) >= 11 is 6.64. The highest BCUT2D eigenvalue weighted by atomic mass is 35.5. The Hall–Kier alpha value is -6.84. The van der Waals surface area contributed by atoms with Crippen molar-refractivity contribution in [3.05, 3.63) is 187 Å². The van der Waals surface area contributed by atoms with Gasteiger partial charge in [-0.05, 0) is 82.2 Å². The predicted molar refractivity (Wildman–Crippen MR) is 249 cm³/mol. The van der Waals surface area contributed by atoms with Gasteiger partial charge >= 0.3 is 7.12 Å². The van der Waals surface area contributed by atoms with Crippen LogP contribution in [0, 0.1) is 0 Å². The number of rotatable bonds is 10. The third-order valence-electron chi connectivity index (χ3n) is 10.7. The normalized spacial score (nSPS) is 11.5. The first-order valence-corrected chi connectivity index (χ1v) is 20.2. The van der Waals surface area contributed by atoms with Gasteiger partial charge in [0.25, 0.3) is 0 Å². The number of para-hydroxylation sites is 4. The number of nitrogens with zero attached hydrogens (tertiary/aromatic N) is 2. The lowest BCUT2D eigenvalue weighted by Gasteiger charge is -2.21. The lowest BCUT2D eigenvalue weighted by molar-refractivity contribution is 0.426. The fraction of sp³-hybridized carbons (Fsp3) is 0.0784. The molecule has 4 N–H and O–H groups in total. The SMILES string of the molecule is CC(C)(C)c1cc(Cl)nc(-n2c3ccccc3c3ccc(Oc4cccc(Nc5ccccc5Nc5c(-c6ccccc6)cccc5-c5ccccc5B(O)O)c4)cc32)c1. The van der Waals surface area contributed by atoms with Crippen LogP contribution in [0.25, 0.3) is 49.9 Å². The van der Waals surface area contributed by atoms with Crippen molar-refractivity contribution >= 4 is 68.7 Å². The van der Waals surface area contributed by atoms with Gasteiger partial charge in [-0.2, -0.15) is 0 Å². The molecule has 0 amide bonds. The van der Waals surface area contributed by atoms with E-state index in [1.165, 1.54) is 0 Å². The van der Waals surface area contributed by atoms with Crippen LogP contribution in [0.5, 0.6) is 11.5 Å². The average molecular weight is 805 g/mol. The molecule has 294 valence electrons.